The Hall–Kier alpha value is -2.78. The lowest BCUT2D eigenvalue weighted by molar-refractivity contribution is 0.0915. The zero-order valence-electron chi connectivity index (χ0n) is 15.7. The summed E-state index contributed by atoms with van der Waals surface area (Å²) in [6.45, 7) is 6.85. The predicted molar refractivity (Wildman–Crippen MR) is 103 cm³/mol. The summed E-state index contributed by atoms with van der Waals surface area (Å²) in [6, 6.07) is 6.84. The lowest BCUT2D eigenvalue weighted by Crippen LogP contribution is -2.29. The number of hydrogen-bond donors (Lipinski definition) is 1. The predicted octanol–water partition coefficient (Wildman–Crippen LogP) is 3.61. The van der Waals surface area contributed by atoms with E-state index in [4.69, 9.17) is 16.3 Å². The maximum Gasteiger partial charge on any atom is 0.271 e. The molecular formula is C20H21ClN2O4. The van der Waals surface area contributed by atoms with Gasteiger partial charge in [0, 0.05) is 11.6 Å². The summed E-state index contributed by atoms with van der Waals surface area (Å²) in [5.41, 5.74) is 0.0882. The summed E-state index contributed by atoms with van der Waals surface area (Å²) in [4.78, 5) is 25.2. The van der Waals surface area contributed by atoms with E-state index >= 15 is 0 Å². The average Bonchev–Trinajstić information content (AvgIpc) is 2.58. The highest BCUT2D eigenvalue weighted by Gasteiger charge is 2.24. The Morgan fingerprint density at radius 2 is 2.04 bits per heavy atom. The van der Waals surface area contributed by atoms with Gasteiger partial charge in [-0.2, -0.15) is 5.26 Å². The van der Waals surface area contributed by atoms with Gasteiger partial charge in [0.25, 0.3) is 5.56 Å². The van der Waals surface area contributed by atoms with Crippen molar-refractivity contribution in [3.8, 4) is 17.7 Å². The van der Waals surface area contributed by atoms with E-state index in [0.29, 0.717) is 10.8 Å². The minimum absolute atomic E-state index is 0.0405. The number of halogens is 1. The smallest absolute Gasteiger partial charge is 0.271 e. The molecule has 0 atom stereocenters. The number of nitrogens with zero attached hydrogens (tertiary/aromatic N) is 2. The fourth-order valence-electron chi connectivity index (χ4n) is 2.81. The number of ketones is 1. The van der Waals surface area contributed by atoms with Crippen molar-refractivity contribution in [3.05, 3.63) is 55.8 Å². The van der Waals surface area contributed by atoms with Crippen molar-refractivity contribution in [3.63, 3.8) is 0 Å². The molecule has 1 aromatic heterocycles. The zero-order valence-corrected chi connectivity index (χ0v) is 16.4. The fourth-order valence-corrected chi connectivity index (χ4v) is 3.04. The summed E-state index contributed by atoms with van der Waals surface area (Å²) in [7, 11) is 0. The van der Waals surface area contributed by atoms with Gasteiger partial charge in [0.2, 0.25) is 11.7 Å². The molecule has 2 rings (SSSR count). The second-order valence-corrected chi connectivity index (χ2v) is 7.18. The maximum atomic E-state index is 12.7. The molecule has 0 spiro atoms. The van der Waals surface area contributed by atoms with Crippen LogP contribution in [0, 0.1) is 31.1 Å². The van der Waals surface area contributed by atoms with E-state index in [-0.39, 0.29) is 35.8 Å². The minimum atomic E-state index is -0.604. The normalized spacial score (nSPS) is 10.7. The van der Waals surface area contributed by atoms with Crippen LogP contribution in [-0.2, 0) is 6.54 Å². The van der Waals surface area contributed by atoms with Crippen LogP contribution in [0.3, 0.4) is 0 Å². The number of pyridine rings is 1. The largest absolute Gasteiger partial charge is 0.494 e. The van der Waals surface area contributed by atoms with Crippen LogP contribution in [0.4, 0.5) is 0 Å². The number of rotatable bonds is 6. The highest BCUT2D eigenvalue weighted by atomic mass is 35.5. The number of carbonyl (C=O) groups excluding carboxylic acids is 1. The van der Waals surface area contributed by atoms with Crippen molar-refractivity contribution in [2.75, 3.05) is 6.61 Å². The first kappa shape index (κ1) is 20.5. The second kappa shape index (κ2) is 8.28. The monoisotopic (exact) mass is 388 g/mol. The number of aryl methyl sites for hydroxylation is 1. The number of aromatic hydroxyl groups is 1. The molecule has 0 saturated carbocycles. The maximum absolute atomic E-state index is 12.7. The van der Waals surface area contributed by atoms with Gasteiger partial charge in [0.15, 0.2) is 6.61 Å². The second-order valence-electron chi connectivity index (χ2n) is 6.74. The van der Waals surface area contributed by atoms with E-state index in [0.717, 1.165) is 10.1 Å². The highest BCUT2D eigenvalue weighted by molar-refractivity contribution is 6.30. The van der Waals surface area contributed by atoms with Crippen molar-refractivity contribution >= 4 is 17.4 Å². The molecule has 2 aromatic rings. The molecule has 0 radical (unpaired) electrons. The molecule has 0 aliphatic carbocycles. The number of hydrogen-bond acceptors (Lipinski definition) is 5. The summed E-state index contributed by atoms with van der Waals surface area (Å²) >= 11 is 5.91. The van der Waals surface area contributed by atoms with Crippen LogP contribution in [0.25, 0.3) is 0 Å². The molecule has 0 amide bonds. The summed E-state index contributed by atoms with van der Waals surface area (Å²) in [5.74, 6) is -0.431. The van der Waals surface area contributed by atoms with Gasteiger partial charge in [-0.25, -0.2) is 0 Å². The van der Waals surface area contributed by atoms with E-state index in [1.165, 1.54) is 6.92 Å². The van der Waals surface area contributed by atoms with Crippen molar-refractivity contribution in [2.45, 2.75) is 34.2 Å². The lowest BCUT2D eigenvalue weighted by Gasteiger charge is -2.17. The molecular weight excluding hydrogens is 368 g/mol. The van der Waals surface area contributed by atoms with Gasteiger partial charge >= 0.3 is 0 Å². The van der Waals surface area contributed by atoms with Gasteiger partial charge in [-0.3, -0.25) is 14.2 Å². The number of ether oxygens (including phenoxy) is 1. The van der Waals surface area contributed by atoms with E-state index in [2.05, 4.69) is 0 Å². The van der Waals surface area contributed by atoms with Crippen LogP contribution in [-0.4, -0.2) is 22.1 Å². The third-order valence-electron chi connectivity index (χ3n) is 4.12. The van der Waals surface area contributed by atoms with Gasteiger partial charge < -0.3 is 9.84 Å². The molecule has 0 bridgehead atoms. The van der Waals surface area contributed by atoms with Crippen LogP contribution in [0.2, 0.25) is 5.02 Å². The Morgan fingerprint density at radius 1 is 1.37 bits per heavy atom. The quantitative estimate of drug-likeness (QED) is 0.763. The number of nitriles is 1. The molecule has 0 aliphatic rings. The number of Topliss-reactive ketones (excluding diaryl/α,β-unsaturated/α-hetero) is 1. The van der Waals surface area contributed by atoms with Gasteiger partial charge in [-0.1, -0.05) is 25.4 Å². The number of benzene rings is 1. The first-order valence-electron chi connectivity index (χ1n) is 8.46. The Bertz CT molecular complexity index is 987. The number of aromatic nitrogens is 1. The molecule has 1 heterocycles. The molecule has 0 unspecified atom stereocenters. The van der Waals surface area contributed by atoms with Crippen LogP contribution in [0.15, 0.2) is 23.0 Å². The Labute approximate surface area is 162 Å². The van der Waals surface area contributed by atoms with Crippen molar-refractivity contribution in [2.24, 2.45) is 5.92 Å². The van der Waals surface area contributed by atoms with E-state index in [9.17, 15) is 20.0 Å². The van der Waals surface area contributed by atoms with Gasteiger partial charge in [-0.05, 0) is 49.1 Å². The van der Waals surface area contributed by atoms with Gasteiger partial charge in [0.1, 0.15) is 17.4 Å². The Kier molecular flexibility index (Phi) is 6.29. The summed E-state index contributed by atoms with van der Waals surface area (Å²) in [6.07, 6.45) is 0. The molecule has 0 fully saturated rings. The van der Waals surface area contributed by atoms with E-state index in [1.54, 1.807) is 25.1 Å². The van der Waals surface area contributed by atoms with Crippen molar-refractivity contribution < 1.29 is 14.6 Å². The minimum Gasteiger partial charge on any atom is -0.494 e. The van der Waals surface area contributed by atoms with Crippen LogP contribution in [0.1, 0.15) is 40.9 Å². The van der Waals surface area contributed by atoms with Crippen LogP contribution < -0.4 is 10.3 Å². The SMILES string of the molecule is Cc1cc(Cl)ccc1OCC(=O)c1c(C)c(C#N)c(=O)n(CC(C)C)c1O. The van der Waals surface area contributed by atoms with E-state index in [1.807, 2.05) is 19.9 Å². The highest BCUT2D eigenvalue weighted by Crippen LogP contribution is 2.25. The van der Waals surface area contributed by atoms with Crippen LogP contribution >= 0.6 is 11.6 Å². The van der Waals surface area contributed by atoms with E-state index < -0.39 is 17.2 Å². The topological polar surface area (TPSA) is 92.3 Å². The Morgan fingerprint density at radius 3 is 2.59 bits per heavy atom. The average molecular weight is 389 g/mol. The third kappa shape index (κ3) is 4.32. The molecule has 1 aromatic carbocycles. The van der Waals surface area contributed by atoms with Crippen molar-refractivity contribution in [1.82, 2.24) is 4.57 Å². The Balaban J connectivity index is 2.43. The molecule has 7 heteroatoms. The number of carbonyl (C=O) groups is 1. The van der Waals surface area contributed by atoms with Gasteiger partial charge in [-0.15, -0.1) is 0 Å². The lowest BCUT2D eigenvalue weighted by atomic mass is 10.0. The molecule has 1 N–H and O–H groups in total. The van der Waals surface area contributed by atoms with Crippen molar-refractivity contribution in [1.29, 1.82) is 5.26 Å². The first-order valence-corrected chi connectivity index (χ1v) is 8.83. The summed E-state index contributed by atoms with van der Waals surface area (Å²) < 4.78 is 6.62. The molecule has 27 heavy (non-hydrogen) atoms. The molecule has 0 saturated heterocycles. The van der Waals surface area contributed by atoms with Crippen LogP contribution in [0.5, 0.6) is 11.6 Å². The third-order valence-corrected chi connectivity index (χ3v) is 4.36. The standard InChI is InChI=1S/C20H21ClN2O4/c1-11(2)9-23-19(25)15(8-22)13(4)18(20(23)26)16(24)10-27-17-6-5-14(21)7-12(17)3/h5-7,11,26H,9-10H2,1-4H3. The molecule has 0 aliphatic heterocycles. The summed E-state index contributed by atoms with van der Waals surface area (Å²) in [5, 5.41) is 20.4. The fraction of sp³-hybridized carbons (Fsp3) is 0.350. The van der Waals surface area contributed by atoms with Gasteiger partial charge in [0.05, 0.1) is 5.56 Å². The first-order chi connectivity index (χ1) is 12.7. The zero-order chi connectivity index (χ0) is 20.3. The molecule has 6 nitrogen and oxygen atoms in total. The molecule has 142 valence electrons.